The van der Waals surface area contributed by atoms with Crippen molar-refractivity contribution in [2.75, 3.05) is 4.90 Å². The Bertz CT molecular complexity index is 3460. The van der Waals surface area contributed by atoms with Crippen molar-refractivity contribution < 1.29 is 9.15 Å². The second kappa shape index (κ2) is 12.6. The van der Waals surface area contributed by atoms with Crippen LogP contribution >= 0.6 is 0 Å². The number of benzene rings is 10. The lowest BCUT2D eigenvalue weighted by Crippen LogP contribution is -2.32. The van der Waals surface area contributed by atoms with Crippen molar-refractivity contribution in [2.24, 2.45) is 0 Å². The molecule has 13 rings (SSSR count). The molecule has 1 aromatic heterocycles. The molecule has 0 saturated heterocycles. The smallest absolute Gasteiger partial charge is 0.140 e. The van der Waals surface area contributed by atoms with E-state index in [1.54, 1.807) is 0 Å². The van der Waals surface area contributed by atoms with E-state index in [1.165, 1.54) is 44.2 Å². The number of anilines is 3. The molecule has 0 bridgehead atoms. The first-order valence-corrected chi connectivity index (χ1v) is 20.6. The Balaban J connectivity index is 1.03. The van der Waals surface area contributed by atoms with Gasteiger partial charge in [0, 0.05) is 38.7 Å². The van der Waals surface area contributed by atoms with Gasteiger partial charge in [0.15, 0.2) is 0 Å². The molecule has 0 unspecified atom stereocenters. The van der Waals surface area contributed by atoms with Crippen molar-refractivity contribution in [2.45, 2.75) is 5.41 Å². The van der Waals surface area contributed by atoms with Crippen LogP contribution in [0.25, 0.3) is 65.7 Å². The SMILES string of the molecule is c1ccc(N(c2cccc(-c3ccc4c(c3)-c3ccccc3C43c4ccc5ccccc5c4Oc4c3ccc3ccccc43)c2)c2cccc3oc4ccccc4c23)cc1. The van der Waals surface area contributed by atoms with Crippen molar-refractivity contribution in [3.8, 4) is 33.8 Å². The molecule has 3 heteroatoms. The number of para-hydroxylation sites is 2. The Labute approximate surface area is 347 Å². The van der Waals surface area contributed by atoms with Gasteiger partial charge in [-0.25, -0.2) is 0 Å². The highest BCUT2D eigenvalue weighted by Gasteiger charge is 2.51. The minimum Gasteiger partial charge on any atom is -0.456 e. The van der Waals surface area contributed by atoms with E-state index in [2.05, 4.69) is 205 Å². The van der Waals surface area contributed by atoms with Crippen molar-refractivity contribution in [1.82, 2.24) is 0 Å². The molecular weight excluding hydrogens is 731 g/mol. The standard InChI is InChI=1S/C57H35NO2/c1-2-17-40(18-3-1)58(51-25-13-27-53-54(51)45-23-9-11-26-52(45)59-53)41-19-12-16-38(34-41)39-30-31-48-46(35-39)44-22-8-10-24-47(44)57(48)49-32-28-36-14-4-6-20-42(36)55(49)60-56-43-21-7-5-15-37(43)29-33-50(56)57/h1-35H. The third kappa shape index (κ3) is 4.54. The summed E-state index contributed by atoms with van der Waals surface area (Å²) in [4.78, 5) is 2.36. The molecular formula is C57H35NO2. The van der Waals surface area contributed by atoms with Gasteiger partial charge in [0.05, 0.1) is 16.5 Å². The molecule has 2 aliphatic rings. The Morgan fingerprint density at radius 3 is 1.73 bits per heavy atom. The van der Waals surface area contributed by atoms with Crippen LogP contribution in [0.2, 0.25) is 0 Å². The van der Waals surface area contributed by atoms with Crippen LogP contribution in [0.4, 0.5) is 17.1 Å². The summed E-state index contributed by atoms with van der Waals surface area (Å²) in [6.07, 6.45) is 0. The van der Waals surface area contributed by atoms with E-state index in [0.29, 0.717) is 0 Å². The molecule has 60 heavy (non-hydrogen) atoms. The van der Waals surface area contributed by atoms with Crippen molar-refractivity contribution >= 4 is 60.5 Å². The number of furan rings is 1. The quantitative estimate of drug-likeness (QED) is 0.178. The van der Waals surface area contributed by atoms with E-state index >= 15 is 0 Å². The minimum absolute atomic E-state index is 0.584. The molecule has 1 aliphatic heterocycles. The second-order valence-electron chi connectivity index (χ2n) is 16.0. The summed E-state index contributed by atoms with van der Waals surface area (Å²) < 4.78 is 13.5. The molecule has 11 aromatic rings. The average molecular weight is 766 g/mol. The highest BCUT2D eigenvalue weighted by molar-refractivity contribution is 6.13. The van der Waals surface area contributed by atoms with Crippen molar-refractivity contribution in [3.05, 3.63) is 235 Å². The van der Waals surface area contributed by atoms with E-state index in [-0.39, 0.29) is 0 Å². The van der Waals surface area contributed by atoms with Crippen LogP contribution in [0.5, 0.6) is 11.5 Å². The van der Waals surface area contributed by atoms with Gasteiger partial charge in [-0.05, 0) is 92.7 Å². The maximum atomic E-state index is 7.16. The number of hydrogen-bond acceptors (Lipinski definition) is 3. The number of ether oxygens (including phenoxy) is 1. The first-order chi connectivity index (χ1) is 29.8. The van der Waals surface area contributed by atoms with E-state index in [9.17, 15) is 0 Å². The molecule has 3 nitrogen and oxygen atoms in total. The van der Waals surface area contributed by atoms with E-state index in [1.807, 2.05) is 12.1 Å². The molecule has 0 saturated carbocycles. The van der Waals surface area contributed by atoms with Crippen LogP contribution in [0.3, 0.4) is 0 Å². The van der Waals surface area contributed by atoms with Gasteiger partial charge in [0.1, 0.15) is 22.7 Å². The lowest BCUT2D eigenvalue weighted by Gasteiger charge is -2.40. The zero-order valence-corrected chi connectivity index (χ0v) is 32.5. The zero-order valence-electron chi connectivity index (χ0n) is 32.5. The van der Waals surface area contributed by atoms with Crippen LogP contribution in [0.15, 0.2) is 217 Å². The number of fused-ring (bicyclic) bond motifs is 16. The number of hydrogen-bond donors (Lipinski definition) is 0. The van der Waals surface area contributed by atoms with Gasteiger partial charge >= 0.3 is 0 Å². The maximum absolute atomic E-state index is 7.16. The van der Waals surface area contributed by atoms with Gasteiger partial charge in [0.25, 0.3) is 0 Å². The summed E-state index contributed by atoms with van der Waals surface area (Å²) in [5, 5.41) is 6.77. The van der Waals surface area contributed by atoms with Crippen LogP contribution in [-0.4, -0.2) is 0 Å². The molecule has 1 aliphatic carbocycles. The van der Waals surface area contributed by atoms with Crippen LogP contribution in [-0.2, 0) is 5.41 Å². The average Bonchev–Trinajstić information content (AvgIpc) is 3.84. The Kier molecular flexibility index (Phi) is 6.93. The lowest BCUT2D eigenvalue weighted by atomic mass is 9.65. The highest BCUT2D eigenvalue weighted by Crippen LogP contribution is 2.64. The van der Waals surface area contributed by atoms with Crippen LogP contribution < -0.4 is 9.64 Å². The van der Waals surface area contributed by atoms with Crippen molar-refractivity contribution in [3.63, 3.8) is 0 Å². The molecule has 280 valence electrons. The fourth-order valence-electron chi connectivity index (χ4n) is 10.4. The largest absolute Gasteiger partial charge is 0.456 e. The normalized spacial score (nSPS) is 13.3. The van der Waals surface area contributed by atoms with E-state index in [4.69, 9.17) is 9.15 Å². The van der Waals surface area contributed by atoms with Crippen LogP contribution in [0.1, 0.15) is 22.3 Å². The highest BCUT2D eigenvalue weighted by atomic mass is 16.5. The van der Waals surface area contributed by atoms with Gasteiger partial charge in [-0.2, -0.15) is 0 Å². The third-order valence-electron chi connectivity index (χ3n) is 12.9. The van der Waals surface area contributed by atoms with Crippen LogP contribution in [0, 0.1) is 0 Å². The predicted octanol–water partition coefficient (Wildman–Crippen LogP) is 15.5. The summed E-state index contributed by atoms with van der Waals surface area (Å²) in [7, 11) is 0. The summed E-state index contributed by atoms with van der Waals surface area (Å²) in [5.41, 5.74) is 14.1. The fourth-order valence-corrected chi connectivity index (χ4v) is 10.4. The lowest BCUT2D eigenvalue weighted by molar-refractivity contribution is 0.447. The predicted molar refractivity (Wildman–Crippen MR) is 246 cm³/mol. The van der Waals surface area contributed by atoms with Gasteiger partial charge in [-0.15, -0.1) is 0 Å². The monoisotopic (exact) mass is 765 g/mol. The zero-order chi connectivity index (χ0) is 39.4. The first kappa shape index (κ1) is 33.1. The second-order valence-corrected chi connectivity index (χ2v) is 16.0. The minimum atomic E-state index is -0.584. The topological polar surface area (TPSA) is 25.6 Å². The molecule has 0 amide bonds. The van der Waals surface area contributed by atoms with Gasteiger partial charge in [-0.1, -0.05) is 164 Å². The third-order valence-corrected chi connectivity index (χ3v) is 12.9. The molecule has 1 spiro atoms. The number of rotatable bonds is 4. The molecule has 0 atom stereocenters. The first-order valence-electron chi connectivity index (χ1n) is 20.6. The fraction of sp³-hybridized carbons (Fsp3) is 0.0175. The summed E-state index contributed by atoms with van der Waals surface area (Å²) >= 11 is 0. The molecule has 0 radical (unpaired) electrons. The van der Waals surface area contributed by atoms with E-state index < -0.39 is 5.41 Å². The maximum Gasteiger partial charge on any atom is 0.140 e. The van der Waals surface area contributed by atoms with E-state index in [0.717, 1.165) is 72.4 Å². The Hall–Kier alpha value is -7.88. The van der Waals surface area contributed by atoms with Crippen molar-refractivity contribution in [1.29, 1.82) is 0 Å². The number of nitrogens with zero attached hydrogens (tertiary/aromatic N) is 1. The molecule has 0 fully saturated rings. The summed E-state index contributed by atoms with van der Waals surface area (Å²) in [5.74, 6) is 1.86. The van der Waals surface area contributed by atoms with Gasteiger partial charge in [-0.3, -0.25) is 0 Å². The molecule has 10 aromatic carbocycles. The Morgan fingerprint density at radius 2 is 0.950 bits per heavy atom. The van der Waals surface area contributed by atoms with Gasteiger partial charge in [0.2, 0.25) is 0 Å². The summed E-state index contributed by atoms with van der Waals surface area (Å²) in [6, 6.07) is 76.7. The molecule has 2 heterocycles. The molecule has 0 N–H and O–H groups in total. The summed E-state index contributed by atoms with van der Waals surface area (Å²) in [6.45, 7) is 0. The van der Waals surface area contributed by atoms with Gasteiger partial charge < -0.3 is 14.1 Å². The Morgan fingerprint density at radius 1 is 0.367 bits per heavy atom.